The fourth-order valence-corrected chi connectivity index (χ4v) is 4.02. The summed E-state index contributed by atoms with van der Waals surface area (Å²) in [7, 11) is 1.47. The molecule has 1 amide bonds. The molecule has 2 aliphatic rings. The summed E-state index contributed by atoms with van der Waals surface area (Å²) < 4.78 is 5.11. The number of carbonyl (C=O) groups is 1. The zero-order valence-corrected chi connectivity index (χ0v) is 15.8. The molecule has 1 aromatic rings. The van der Waals surface area contributed by atoms with E-state index in [-0.39, 0.29) is 11.4 Å². The van der Waals surface area contributed by atoms with Crippen LogP contribution < -0.4 is 4.74 Å². The molecule has 3 rings (SSSR count). The van der Waals surface area contributed by atoms with Gasteiger partial charge in [-0.2, -0.15) is 15.1 Å². The molecule has 25 heavy (non-hydrogen) atoms. The van der Waals surface area contributed by atoms with Gasteiger partial charge in [-0.3, -0.25) is 10.2 Å². The number of rotatable bonds is 4. The van der Waals surface area contributed by atoms with Crippen molar-refractivity contribution in [2.24, 2.45) is 10.1 Å². The van der Waals surface area contributed by atoms with Gasteiger partial charge in [-0.15, -0.1) is 0 Å². The molecular formula is C16H14Cl2N4O2S. The number of amides is 1. The van der Waals surface area contributed by atoms with Crippen molar-refractivity contribution in [1.82, 2.24) is 5.01 Å². The molecule has 0 radical (unpaired) electrons. The minimum absolute atomic E-state index is 0.0170. The summed E-state index contributed by atoms with van der Waals surface area (Å²) >= 11 is 13.6. The number of nitrogens with zero attached hydrogens (tertiary/aromatic N) is 3. The molecule has 0 bridgehead atoms. The Kier molecular flexibility index (Phi) is 5.17. The smallest absolute Gasteiger partial charge is 0.283 e. The van der Waals surface area contributed by atoms with Gasteiger partial charge in [0.15, 0.2) is 11.6 Å². The molecule has 0 spiro atoms. The number of benzene rings is 1. The average molecular weight is 397 g/mol. The van der Waals surface area contributed by atoms with Gasteiger partial charge in [-0.1, -0.05) is 30.1 Å². The van der Waals surface area contributed by atoms with E-state index in [9.17, 15) is 4.79 Å². The standard InChI is InChI=1S/C16H14Cl2N4O2S/c1-3-4-12-21-22-14(19)9(15(23)20-16(22)25-12)5-8-6-10(17)13(24-2)11(18)7-8/h5-7,19H,3-4H2,1-2H3. The van der Waals surface area contributed by atoms with E-state index in [2.05, 4.69) is 10.1 Å². The SMILES string of the molecule is CCCC1=NN2C(=N)C(=Cc3cc(Cl)c(OC)c(Cl)c3)C(=O)N=C2S1. The number of methoxy groups -OCH3 is 1. The van der Waals surface area contributed by atoms with E-state index < -0.39 is 5.91 Å². The molecule has 130 valence electrons. The number of thioether (sulfide) groups is 1. The maximum Gasteiger partial charge on any atom is 0.283 e. The number of hydrazone groups is 1. The van der Waals surface area contributed by atoms with E-state index >= 15 is 0 Å². The Bertz CT molecular complexity index is 841. The first-order valence-corrected chi connectivity index (χ1v) is 9.04. The summed E-state index contributed by atoms with van der Waals surface area (Å²) in [5.41, 5.74) is 0.704. The van der Waals surface area contributed by atoms with Crippen molar-refractivity contribution >= 4 is 63.0 Å². The maximum absolute atomic E-state index is 12.3. The van der Waals surface area contributed by atoms with Crippen LogP contribution in [0.4, 0.5) is 0 Å². The van der Waals surface area contributed by atoms with Gasteiger partial charge in [0.05, 0.1) is 22.7 Å². The second-order valence-electron chi connectivity index (χ2n) is 5.28. The third-order valence-electron chi connectivity index (χ3n) is 3.50. The average Bonchev–Trinajstić information content (AvgIpc) is 2.94. The molecule has 0 saturated carbocycles. The fraction of sp³-hybridized carbons (Fsp3) is 0.250. The number of amidine groups is 2. The maximum atomic E-state index is 12.3. The minimum atomic E-state index is -0.486. The van der Waals surface area contributed by atoms with E-state index in [4.69, 9.17) is 33.3 Å². The molecule has 6 nitrogen and oxygen atoms in total. The van der Waals surface area contributed by atoms with Crippen LogP contribution in [0, 0.1) is 5.41 Å². The molecular weight excluding hydrogens is 383 g/mol. The van der Waals surface area contributed by atoms with E-state index in [1.54, 1.807) is 12.1 Å². The summed E-state index contributed by atoms with van der Waals surface area (Å²) in [6, 6.07) is 3.23. The van der Waals surface area contributed by atoms with Gasteiger partial charge < -0.3 is 4.74 Å². The molecule has 0 aromatic heterocycles. The molecule has 0 fully saturated rings. The number of nitrogens with one attached hydrogen (secondary N) is 1. The van der Waals surface area contributed by atoms with Crippen molar-refractivity contribution in [3.63, 3.8) is 0 Å². The largest absolute Gasteiger partial charge is 0.494 e. The monoisotopic (exact) mass is 396 g/mol. The molecule has 0 aliphatic carbocycles. The fourth-order valence-electron chi connectivity index (χ4n) is 2.37. The Morgan fingerprint density at radius 1 is 1.36 bits per heavy atom. The molecule has 0 unspecified atom stereocenters. The second-order valence-corrected chi connectivity index (χ2v) is 7.14. The minimum Gasteiger partial charge on any atom is -0.494 e. The van der Waals surface area contributed by atoms with Crippen LogP contribution in [0.1, 0.15) is 25.3 Å². The van der Waals surface area contributed by atoms with Crippen LogP contribution in [0.5, 0.6) is 5.75 Å². The van der Waals surface area contributed by atoms with Crippen LogP contribution in [-0.2, 0) is 4.79 Å². The molecule has 2 heterocycles. The highest BCUT2D eigenvalue weighted by atomic mass is 35.5. The quantitative estimate of drug-likeness (QED) is 0.763. The summed E-state index contributed by atoms with van der Waals surface area (Å²) in [5, 5.41) is 16.0. The van der Waals surface area contributed by atoms with Crippen LogP contribution in [-0.4, -0.2) is 34.1 Å². The van der Waals surface area contributed by atoms with Crippen molar-refractivity contribution in [3.05, 3.63) is 33.3 Å². The third-order valence-corrected chi connectivity index (χ3v) is 5.03. The van der Waals surface area contributed by atoms with Crippen molar-refractivity contribution in [3.8, 4) is 5.75 Å². The van der Waals surface area contributed by atoms with Gasteiger partial charge >= 0.3 is 0 Å². The summed E-state index contributed by atoms with van der Waals surface area (Å²) in [4.78, 5) is 16.4. The van der Waals surface area contributed by atoms with E-state index in [1.807, 2.05) is 6.92 Å². The zero-order chi connectivity index (χ0) is 18.1. The number of halogens is 2. The van der Waals surface area contributed by atoms with Crippen molar-refractivity contribution in [2.45, 2.75) is 19.8 Å². The predicted octanol–water partition coefficient (Wildman–Crippen LogP) is 4.42. The topological polar surface area (TPSA) is 78.1 Å². The van der Waals surface area contributed by atoms with Gasteiger partial charge in [0.2, 0.25) is 5.17 Å². The lowest BCUT2D eigenvalue weighted by Gasteiger charge is -2.20. The molecule has 0 atom stereocenters. The van der Waals surface area contributed by atoms with Gasteiger partial charge in [0, 0.05) is 0 Å². The highest BCUT2D eigenvalue weighted by Crippen LogP contribution is 2.35. The Balaban J connectivity index is 1.97. The van der Waals surface area contributed by atoms with Gasteiger partial charge in [0.25, 0.3) is 5.91 Å². The summed E-state index contributed by atoms with van der Waals surface area (Å²) in [5.74, 6) is -0.142. The lowest BCUT2D eigenvalue weighted by Crippen LogP contribution is -2.35. The summed E-state index contributed by atoms with van der Waals surface area (Å²) in [6.45, 7) is 2.04. The molecule has 1 aromatic carbocycles. The Morgan fingerprint density at radius 2 is 2.04 bits per heavy atom. The van der Waals surface area contributed by atoms with Crippen molar-refractivity contribution in [1.29, 1.82) is 5.41 Å². The Hall–Kier alpha value is -1.83. The second kappa shape index (κ2) is 7.19. The number of aliphatic imine (C=N–C) groups is 1. The van der Waals surface area contributed by atoms with Crippen molar-refractivity contribution in [2.75, 3.05) is 7.11 Å². The first kappa shape index (κ1) is 18.0. The number of hydrogen-bond acceptors (Lipinski definition) is 5. The Morgan fingerprint density at radius 3 is 2.64 bits per heavy atom. The molecule has 9 heteroatoms. The molecule has 0 saturated heterocycles. The van der Waals surface area contributed by atoms with E-state index in [0.717, 1.165) is 17.9 Å². The number of hydrogen-bond donors (Lipinski definition) is 1. The van der Waals surface area contributed by atoms with Gasteiger partial charge in [-0.25, -0.2) is 0 Å². The van der Waals surface area contributed by atoms with E-state index in [0.29, 0.717) is 26.5 Å². The molecule has 2 aliphatic heterocycles. The van der Waals surface area contributed by atoms with Crippen molar-refractivity contribution < 1.29 is 9.53 Å². The van der Waals surface area contributed by atoms with Gasteiger partial charge in [0.1, 0.15) is 5.04 Å². The highest BCUT2D eigenvalue weighted by Gasteiger charge is 2.35. The lowest BCUT2D eigenvalue weighted by atomic mass is 10.1. The van der Waals surface area contributed by atoms with Crippen LogP contribution in [0.3, 0.4) is 0 Å². The third kappa shape index (κ3) is 3.44. The predicted molar refractivity (Wildman–Crippen MR) is 103 cm³/mol. The highest BCUT2D eigenvalue weighted by molar-refractivity contribution is 8.26. The zero-order valence-electron chi connectivity index (χ0n) is 13.5. The Labute approximate surface area is 159 Å². The normalized spacial score (nSPS) is 18.4. The van der Waals surface area contributed by atoms with Crippen LogP contribution in [0.15, 0.2) is 27.8 Å². The first-order valence-electron chi connectivity index (χ1n) is 7.46. The number of ether oxygens (including phenoxy) is 1. The molecule has 1 N–H and O–H groups in total. The van der Waals surface area contributed by atoms with Crippen LogP contribution in [0.25, 0.3) is 6.08 Å². The van der Waals surface area contributed by atoms with Gasteiger partial charge in [-0.05, 0) is 48.4 Å². The number of fused-ring (bicyclic) bond motifs is 1. The van der Waals surface area contributed by atoms with Crippen LogP contribution in [0.2, 0.25) is 10.0 Å². The lowest BCUT2D eigenvalue weighted by molar-refractivity contribution is -0.114. The summed E-state index contributed by atoms with van der Waals surface area (Å²) in [6.07, 6.45) is 3.24. The van der Waals surface area contributed by atoms with E-state index in [1.165, 1.54) is 30.0 Å². The first-order chi connectivity index (χ1) is 11.9. The van der Waals surface area contributed by atoms with Crippen LogP contribution >= 0.6 is 35.0 Å². The number of carbonyl (C=O) groups excluding carboxylic acids is 1.